The number of anilines is 1. The lowest BCUT2D eigenvalue weighted by molar-refractivity contribution is -0.387. The van der Waals surface area contributed by atoms with E-state index >= 15 is 0 Å². The second-order valence-corrected chi connectivity index (χ2v) is 3.47. The van der Waals surface area contributed by atoms with Crippen molar-refractivity contribution in [1.82, 2.24) is 4.98 Å². The van der Waals surface area contributed by atoms with Crippen LogP contribution in [0.25, 0.3) is 0 Å². The quantitative estimate of drug-likeness (QED) is 0.497. The zero-order chi connectivity index (χ0) is 14.6. The largest absolute Gasteiger partial charge is 0.466 e. The van der Waals surface area contributed by atoms with Crippen LogP contribution in [0.4, 0.5) is 20.3 Å². The minimum Gasteiger partial charge on any atom is -0.466 e. The van der Waals surface area contributed by atoms with Crippen LogP contribution in [0.5, 0.6) is 0 Å². The molecule has 0 fully saturated rings. The monoisotopic (exact) mass is 275 g/mol. The fourth-order valence-corrected chi connectivity index (χ4v) is 1.48. The molecule has 1 aromatic heterocycles. The van der Waals surface area contributed by atoms with Gasteiger partial charge in [0.15, 0.2) is 0 Å². The summed E-state index contributed by atoms with van der Waals surface area (Å²) in [6.07, 6.45) is -3.68. The Morgan fingerprint density at radius 3 is 2.74 bits per heavy atom. The summed E-state index contributed by atoms with van der Waals surface area (Å²) in [5.41, 5.74) is 3.10. The van der Waals surface area contributed by atoms with Crippen LogP contribution in [0.3, 0.4) is 0 Å². The molecule has 0 saturated carbocycles. The van der Waals surface area contributed by atoms with Crippen molar-refractivity contribution < 1.29 is 23.2 Å². The number of aromatic nitrogens is 1. The number of alkyl halides is 2. The molecule has 0 spiro atoms. The first-order chi connectivity index (χ1) is 8.86. The Hall–Kier alpha value is -2.32. The van der Waals surface area contributed by atoms with Crippen molar-refractivity contribution >= 4 is 17.5 Å². The molecule has 0 unspecified atom stereocenters. The molecule has 0 aliphatic heterocycles. The van der Waals surface area contributed by atoms with E-state index in [1.165, 1.54) is 0 Å². The molecule has 1 rings (SSSR count). The lowest BCUT2D eigenvalue weighted by Gasteiger charge is -2.08. The second kappa shape index (κ2) is 6.03. The minimum atomic E-state index is -3.09. The predicted molar refractivity (Wildman–Crippen MR) is 60.6 cm³/mol. The molecule has 1 aromatic rings. The van der Waals surface area contributed by atoms with E-state index in [1.807, 2.05) is 0 Å². The van der Waals surface area contributed by atoms with Crippen molar-refractivity contribution in [2.75, 3.05) is 12.3 Å². The first kappa shape index (κ1) is 14.7. The summed E-state index contributed by atoms with van der Waals surface area (Å²) in [5.74, 6) is -1.12. The van der Waals surface area contributed by atoms with E-state index in [9.17, 15) is 23.7 Å². The van der Waals surface area contributed by atoms with Gasteiger partial charge in [0, 0.05) is 0 Å². The maximum atomic E-state index is 12.7. The fraction of sp³-hybridized carbons (Fsp3) is 0.400. The smallest absolute Gasteiger partial charge is 0.312 e. The van der Waals surface area contributed by atoms with Crippen LogP contribution in [-0.2, 0) is 16.0 Å². The molecule has 1 heterocycles. The summed E-state index contributed by atoms with van der Waals surface area (Å²) in [4.78, 5) is 24.7. The van der Waals surface area contributed by atoms with E-state index in [4.69, 9.17) is 5.73 Å². The number of nitrogen functional groups attached to an aromatic ring is 1. The van der Waals surface area contributed by atoms with E-state index in [2.05, 4.69) is 9.72 Å². The molecule has 0 aliphatic carbocycles. The highest BCUT2D eigenvalue weighted by atomic mass is 19.3. The van der Waals surface area contributed by atoms with Crippen LogP contribution in [-0.4, -0.2) is 22.5 Å². The molecule has 0 aromatic carbocycles. The van der Waals surface area contributed by atoms with Gasteiger partial charge in [-0.25, -0.2) is 13.8 Å². The highest BCUT2D eigenvalue weighted by molar-refractivity contribution is 5.74. The summed E-state index contributed by atoms with van der Waals surface area (Å²) in [6, 6.07) is 0.720. The van der Waals surface area contributed by atoms with Crippen LogP contribution in [0, 0.1) is 10.1 Å². The van der Waals surface area contributed by atoms with E-state index in [0.717, 1.165) is 6.07 Å². The molecule has 9 heteroatoms. The molecule has 2 N–H and O–H groups in total. The Morgan fingerprint density at radius 1 is 1.63 bits per heavy atom. The molecule has 0 amide bonds. The normalized spacial score (nSPS) is 10.5. The Bertz CT molecular complexity index is 508. The Morgan fingerprint density at radius 2 is 2.26 bits per heavy atom. The first-order valence-corrected chi connectivity index (χ1v) is 5.24. The van der Waals surface area contributed by atoms with Crippen molar-refractivity contribution in [1.29, 1.82) is 0 Å². The van der Waals surface area contributed by atoms with Crippen LogP contribution in [0.15, 0.2) is 6.07 Å². The summed E-state index contributed by atoms with van der Waals surface area (Å²) in [7, 11) is 0. The number of ether oxygens (including phenoxy) is 1. The topological polar surface area (TPSA) is 108 Å². The lowest BCUT2D eigenvalue weighted by atomic mass is 10.1. The molecular weight excluding hydrogens is 264 g/mol. The summed E-state index contributed by atoms with van der Waals surface area (Å²) >= 11 is 0. The van der Waals surface area contributed by atoms with Gasteiger partial charge in [-0.2, -0.15) is 0 Å². The van der Waals surface area contributed by atoms with Crippen LogP contribution in [0.2, 0.25) is 0 Å². The van der Waals surface area contributed by atoms with Crippen molar-refractivity contribution in [3.05, 3.63) is 27.4 Å². The molecule has 19 heavy (non-hydrogen) atoms. The Balaban J connectivity index is 3.28. The first-order valence-electron chi connectivity index (χ1n) is 5.24. The molecule has 0 aliphatic rings. The van der Waals surface area contributed by atoms with Gasteiger partial charge in [0.1, 0.15) is 17.1 Å². The minimum absolute atomic E-state index is 0.0661. The van der Waals surface area contributed by atoms with E-state index in [0.29, 0.717) is 0 Å². The van der Waals surface area contributed by atoms with E-state index in [1.54, 1.807) is 6.92 Å². The maximum absolute atomic E-state index is 12.7. The highest BCUT2D eigenvalue weighted by Crippen LogP contribution is 2.32. The third-order valence-corrected chi connectivity index (χ3v) is 2.15. The molecule has 0 saturated heterocycles. The molecular formula is C10H11F2N3O4. The van der Waals surface area contributed by atoms with Gasteiger partial charge in [-0.1, -0.05) is 0 Å². The van der Waals surface area contributed by atoms with Crippen molar-refractivity contribution in [3.63, 3.8) is 0 Å². The van der Waals surface area contributed by atoms with Gasteiger partial charge in [0.25, 0.3) is 12.1 Å². The number of nitrogens with zero attached hydrogens (tertiary/aromatic N) is 2. The molecule has 104 valence electrons. The van der Waals surface area contributed by atoms with Gasteiger partial charge in [-0.3, -0.25) is 14.9 Å². The van der Waals surface area contributed by atoms with Crippen LogP contribution < -0.4 is 5.73 Å². The lowest BCUT2D eigenvalue weighted by Crippen LogP contribution is -2.13. The predicted octanol–water partition coefficient (Wildman–Crippen LogP) is 1.62. The number of hydrogen-bond acceptors (Lipinski definition) is 6. The number of carbonyl (C=O) groups excluding carboxylic acids is 1. The van der Waals surface area contributed by atoms with Crippen molar-refractivity contribution in [2.24, 2.45) is 0 Å². The molecule has 0 atom stereocenters. The molecule has 0 radical (unpaired) electrons. The number of nitrogens with two attached hydrogens (primary N) is 1. The van der Waals surface area contributed by atoms with Gasteiger partial charge in [0.2, 0.25) is 0 Å². The van der Waals surface area contributed by atoms with Crippen molar-refractivity contribution in [3.8, 4) is 0 Å². The summed E-state index contributed by atoms with van der Waals surface area (Å²) in [5, 5.41) is 10.8. The van der Waals surface area contributed by atoms with Crippen LogP contribution >= 0.6 is 0 Å². The van der Waals surface area contributed by atoms with E-state index < -0.39 is 40.7 Å². The number of pyridine rings is 1. The van der Waals surface area contributed by atoms with E-state index in [-0.39, 0.29) is 12.4 Å². The molecule has 0 bridgehead atoms. The second-order valence-electron chi connectivity index (χ2n) is 3.47. The number of halogens is 2. The van der Waals surface area contributed by atoms with Crippen LogP contribution in [0.1, 0.15) is 24.6 Å². The molecule has 7 nitrogen and oxygen atoms in total. The third kappa shape index (κ3) is 3.57. The fourth-order valence-electron chi connectivity index (χ4n) is 1.48. The number of carbonyl (C=O) groups is 1. The standard InChI is InChI=1S/C10H11F2N3O4/c1-2-19-8(16)4-6-9(15(17)18)5(10(11)12)3-7(13)14-6/h3,10H,2,4H2,1H3,(H2,13,14). The SMILES string of the molecule is CCOC(=O)Cc1nc(N)cc(C(F)F)c1[N+](=O)[O-]. The highest BCUT2D eigenvalue weighted by Gasteiger charge is 2.29. The Labute approximate surface area is 106 Å². The number of nitro groups is 1. The maximum Gasteiger partial charge on any atom is 0.312 e. The summed E-state index contributed by atoms with van der Waals surface area (Å²) in [6.45, 7) is 1.61. The third-order valence-electron chi connectivity index (χ3n) is 2.15. The zero-order valence-corrected chi connectivity index (χ0v) is 9.93. The zero-order valence-electron chi connectivity index (χ0n) is 9.93. The Kier molecular flexibility index (Phi) is 4.67. The van der Waals surface area contributed by atoms with Crippen molar-refractivity contribution in [2.45, 2.75) is 19.8 Å². The van der Waals surface area contributed by atoms with Gasteiger partial charge in [-0.15, -0.1) is 0 Å². The number of rotatable bonds is 5. The summed E-state index contributed by atoms with van der Waals surface area (Å²) < 4.78 is 30.0. The number of hydrogen-bond donors (Lipinski definition) is 1. The average Bonchev–Trinajstić information content (AvgIpc) is 2.27. The van der Waals surface area contributed by atoms with Gasteiger partial charge in [-0.05, 0) is 13.0 Å². The van der Waals surface area contributed by atoms with Gasteiger partial charge in [0.05, 0.1) is 18.0 Å². The average molecular weight is 275 g/mol. The van der Waals surface area contributed by atoms with Gasteiger partial charge >= 0.3 is 5.97 Å². The van der Waals surface area contributed by atoms with Gasteiger partial charge < -0.3 is 10.5 Å². The number of esters is 1.